The van der Waals surface area contributed by atoms with Crippen molar-refractivity contribution in [3.05, 3.63) is 105 Å². The van der Waals surface area contributed by atoms with E-state index in [1.807, 2.05) is 24.3 Å². The summed E-state index contributed by atoms with van der Waals surface area (Å²) < 4.78 is 0. The molecule has 3 rings (SSSR count). The van der Waals surface area contributed by atoms with Gasteiger partial charge < -0.3 is 16.0 Å². The van der Waals surface area contributed by atoms with Gasteiger partial charge in [0, 0.05) is 23.1 Å². The van der Waals surface area contributed by atoms with Crippen molar-refractivity contribution >= 4 is 40.9 Å². The monoisotopic (exact) mass is 497 g/mol. The maximum absolute atomic E-state index is 13.0. The van der Waals surface area contributed by atoms with Crippen LogP contribution in [0.4, 0.5) is 0 Å². The molecule has 3 aromatic rings. The van der Waals surface area contributed by atoms with Crippen LogP contribution in [0.2, 0.25) is 10.0 Å². The Morgan fingerprint density at radius 2 is 1.12 bits per heavy atom. The summed E-state index contributed by atoms with van der Waals surface area (Å²) in [6, 6.07) is 20.8. The number of nitrogens with one attached hydrogen (secondary N) is 3. The highest BCUT2D eigenvalue weighted by atomic mass is 35.5. The number of amides is 3. The lowest BCUT2D eigenvalue weighted by Crippen LogP contribution is -2.54. The molecule has 0 fully saturated rings. The number of benzene rings is 3. The van der Waals surface area contributed by atoms with Crippen LogP contribution in [0.3, 0.4) is 0 Å². The predicted molar refractivity (Wildman–Crippen MR) is 134 cm³/mol. The van der Waals surface area contributed by atoms with Gasteiger partial charge in [-0.05, 0) is 49.2 Å². The molecule has 0 radical (unpaired) electrons. The first-order chi connectivity index (χ1) is 16.2. The molecule has 176 valence electrons. The van der Waals surface area contributed by atoms with Gasteiger partial charge in [0.25, 0.3) is 11.8 Å². The summed E-state index contributed by atoms with van der Waals surface area (Å²) in [5, 5.41) is 9.37. The first-order valence-corrected chi connectivity index (χ1v) is 11.4. The molecule has 0 saturated heterocycles. The lowest BCUT2D eigenvalue weighted by molar-refractivity contribution is -0.126. The van der Waals surface area contributed by atoms with E-state index in [-0.39, 0.29) is 30.1 Å². The fourth-order valence-corrected chi connectivity index (χ4v) is 3.64. The smallest absolute Gasteiger partial charge is 0.252 e. The van der Waals surface area contributed by atoms with Gasteiger partial charge in [-0.25, -0.2) is 0 Å². The summed E-state index contributed by atoms with van der Waals surface area (Å²) in [6.45, 7) is 3.61. The van der Waals surface area contributed by atoms with Crippen LogP contribution < -0.4 is 16.0 Å². The number of hydrogen-bond acceptors (Lipinski definition) is 3. The molecule has 3 N–H and O–H groups in total. The van der Waals surface area contributed by atoms with Crippen LogP contribution in [-0.2, 0) is 17.9 Å². The van der Waals surface area contributed by atoms with Crippen molar-refractivity contribution in [1.29, 1.82) is 0 Å². The zero-order chi connectivity index (χ0) is 24.7. The number of rotatable bonds is 8. The summed E-state index contributed by atoms with van der Waals surface area (Å²) in [5.41, 5.74) is 0.640. The van der Waals surface area contributed by atoms with Gasteiger partial charge in [-0.3, -0.25) is 14.4 Å². The molecule has 0 spiro atoms. The van der Waals surface area contributed by atoms with Gasteiger partial charge in [0.1, 0.15) is 5.54 Å². The molecule has 34 heavy (non-hydrogen) atoms. The van der Waals surface area contributed by atoms with Crippen molar-refractivity contribution in [3.63, 3.8) is 0 Å². The fourth-order valence-electron chi connectivity index (χ4n) is 3.24. The number of carbonyl (C=O) groups is 3. The minimum atomic E-state index is -1.24. The lowest BCUT2D eigenvalue weighted by atomic mass is 10.0. The average Bonchev–Trinajstić information content (AvgIpc) is 2.82. The zero-order valence-electron chi connectivity index (χ0n) is 18.8. The molecule has 8 heteroatoms. The van der Waals surface area contributed by atoms with E-state index >= 15 is 0 Å². The third kappa shape index (κ3) is 6.37. The molecule has 0 unspecified atom stereocenters. The molecule has 3 aromatic carbocycles. The second kappa shape index (κ2) is 11.2. The molecule has 6 nitrogen and oxygen atoms in total. The van der Waals surface area contributed by atoms with Crippen molar-refractivity contribution in [2.24, 2.45) is 0 Å². The van der Waals surface area contributed by atoms with Gasteiger partial charge in [-0.15, -0.1) is 0 Å². The van der Waals surface area contributed by atoms with Crippen LogP contribution in [0, 0.1) is 0 Å². The van der Waals surface area contributed by atoms with Crippen LogP contribution in [-0.4, -0.2) is 23.3 Å². The second-order valence-electron chi connectivity index (χ2n) is 8.17. The van der Waals surface area contributed by atoms with E-state index in [9.17, 15) is 14.4 Å². The van der Waals surface area contributed by atoms with Crippen molar-refractivity contribution in [1.82, 2.24) is 16.0 Å². The highest BCUT2D eigenvalue weighted by Crippen LogP contribution is 2.17. The number of halogens is 2. The van der Waals surface area contributed by atoms with E-state index in [1.165, 1.54) is 6.07 Å². The van der Waals surface area contributed by atoms with E-state index in [0.29, 0.717) is 10.0 Å². The molecule has 0 aliphatic carbocycles. The van der Waals surface area contributed by atoms with Gasteiger partial charge in [0.05, 0.1) is 11.1 Å². The van der Waals surface area contributed by atoms with Crippen LogP contribution >= 0.6 is 23.2 Å². The largest absolute Gasteiger partial charge is 0.350 e. The first-order valence-electron chi connectivity index (χ1n) is 10.6. The Balaban J connectivity index is 1.67. The van der Waals surface area contributed by atoms with Crippen molar-refractivity contribution < 1.29 is 14.4 Å². The highest BCUT2D eigenvalue weighted by molar-refractivity contribution is 6.31. The Morgan fingerprint density at radius 1 is 0.676 bits per heavy atom. The molecular formula is C26H25Cl2N3O3. The summed E-state index contributed by atoms with van der Waals surface area (Å²) >= 11 is 12.3. The Labute approximate surface area is 208 Å². The third-order valence-electron chi connectivity index (χ3n) is 5.20. The van der Waals surface area contributed by atoms with Crippen LogP contribution in [0.1, 0.15) is 45.7 Å². The Morgan fingerprint density at radius 3 is 1.65 bits per heavy atom. The molecule has 0 aliphatic heterocycles. The van der Waals surface area contributed by atoms with Gasteiger partial charge in [0.2, 0.25) is 5.91 Å². The van der Waals surface area contributed by atoms with Crippen LogP contribution in [0.25, 0.3) is 0 Å². The quantitative estimate of drug-likeness (QED) is 0.419. The van der Waals surface area contributed by atoms with E-state index in [4.69, 9.17) is 23.2 Å². The minimum absolute atomic E-state index is 0.158. The average molecular weight is 498 g/mol. The topological polar surface area (TPSA) is 87.3 Å². The fraction of sp³-hybridized carbons (Fsp3) is 0.192. The normalized spacial score (nSPS) is 10.9. The molecule has 0 heterocycles. The van der Waals surface area contributed by atoms with E-state index in [1.54, 1.807) is 56.3 Å². The summed E-state index contributed by atoms with van der Waals surface area (Å²) in [4.78, 5) is 38.6. The first kappa shape index (κ1) is 25.3. The van der Waals surface area contributed by atoms with Gasteiger partial charge >= 0.3 is 0 Å². The predicted octanol–water partition coefficient (Wildman–Crippen LogP) is 4.75. The van der Waals surface area contributed by atoms with E-state index in [2.05, 4.69) is 16.0 Å². The highest BCUT2D eigenvalue weighted by Gasteiger charge is 2.31. The lowest BCUT2D eigenvalue weighted by Gasteiger charge is -2.26. The van der Waals surface area contributed by atoms with Crippen molar-refractivity contribution in [3.8, 4) is 0 Å². The zero-order valence-corrected chi connectivity index (χ0v) is 20.3. The van der Waals surface area contributed by atoms with E-state index in [0.717, 1.165) is 11.1 Å². The SMILES string of the molecule is CC(C)(NC(=O)c1ccccc1C(=O)NCc1ccccc1Cl)C(=O)NCc1ccccc1Cl. The van der Waals surface area contributed by atoms with Gasteiger partial charge in [-0.1, -0.05) is 71.7 Å². The number of hydrogen-bond donors (Lipinski definition) is 3. The number of carbonyl (C=O) groups excluding carboxylic acids is 3. The summed E-state index contributed by atoms with van der Waals surface area (Å²) in [5.74, 6) is -1.35. The van der Waals surface area contributed by atoms with Crippen LogP contribution in [0.5, 0.6) is 0 Å². The molecule has 3 amide bonds. The third-order valence-corrected chi connectivity index (χ3v) is 5.94. The van der Waals surface area contributed by atoms with Crippen LogP contribution in [0.15, 0.2) is 72.8 Å². The Hall–Kier alpha value is -3.35. The molecule has 0 aliphatic rings. The maximum Gasteiger partial charge on any atom is 0.252 e. The second-order valence-corrected chi connectivity index (χ2v) is 8.99. The van der Waals surface area contributed by atoms with E-state index < -0.39 is 17.4 Å². The van der Waals surface area contributed by atoms with Crippen molar-refractivity contribution in [2.75, 3.05) is 0 Å². The molecule has 0 atom stereocenters. The molecule has 0 saturated carbocycles. The molecular weight excluding hydrogens is 473 g/mol. The Bertz CT molecular complexity index is 1210. The van der Waals surface area contributed by atoms with Gasteiger partial charge in [-0.2, -0.15) is 0 Å². The minimum Gasteiger partial charge on any atom is -0.350 e. The maximum atomic E-state index is 13.0. The Kier molecular flexibility index (Phi) is 8.31. The summed E-state index contributed by atoms with van der Waals surface area (Å²) in [7, 11) is 0. The molecule has 0 bridgehead atoms. The summed E-state index contributed by atoms with van der Waals surface area (Å²) in [6.07, 6.45) is 0. The van der Waals surface area contributed by atoms with Crippen molar-refractivity contribution in [2.45, 2.75) is 32.5 Å². The molecule has 0 aromatic heterocycles. The van der Waals surface area contributed by atoms with Gasteiger partial charge in [0.15, 0.2) is 0 Å². The standard InChI is InChI=1S/C26H25Cl2N3O3/c1-26(2,25(34)30-16-18-10-4-8-14-22(18)28)31-24(33)20-12-6-5-11-19(20)23(32)29-15-17-9-3-7-13-21(17)27/h3-14H,15-16H2,1-2H3,(H,29,32)(H,30,34)(H,31,33).